The molecule has 0 fully saturated rings. The van der Waals surface area contributed by atoms with E-state index in [1.54, 1.807) is 0 Å². The van der Waals surface area contributed by atoms with E-state index in [2.05, 4.69) is 10.2 Å². The molecular formula is C8H14ClN3O3S. The number of aromatic amines is 1. The summed E-state index contributed by atoms with van der Waals surface area (Å²) in [4.78, 5) is 0. The fraction of sp³-hybridized carbons (Fsp3) is 0.625. The molecule has 6 nitrogen and oxygen atoms in total. The number of nitrogens with zero attached hydrogens (tertiary/aromatic N) is 2. The molecule has 0 aliphatic heterocycles. The summed E-state index contributed by atoms with van der Waals surface area (Å²) >= 11 is 5.57. The van der Waals surface area contributed by atoms with Crippen molar-refractivity contribution in [3.63, 3.8) is 0 Å². The highest BCUT2D eigenvalue weighted by Crippen LogP contribution is 2.11. The number of aromatic nitrogens is 2. The van der Waals surface area contributed by atoms with Crippen molar-refractivity contribution in [3.05, 3.63) is 12.3 Å². The average molecular weight is 268 g/mol. The van der Waals surface area contributed by atoms with E-state index in [0.29, 0.717) is 6.61 Å². The van der Waals surface area contributed by atoms with Gasteiger partial charge >= 0.3 is 0 Å². The van der Waals surface area contributed by atoms with Gasteiger partial charge in [-0.05, 0) is 6.07 Å². The molecule has 0 aromatic carbocycles. The summed E-state index contributed by atoms with van der Waals surface area (Å²) in [6, 6.07) is 1.41. The molecule has 0 aliphatic carbocycles. The van der Waals surface area contributed by atoms with Crippen molar-refractivity contribution < 1.29 is 13.2 Å². The highest BCUT2D eigenvalue weighted by molar-refractivity contribution is 7.89. The number of sulfonamides is 1. The number of rotatable bonds is 7. The number of H-pyrrole nitrogens is 1. The minimum atomic E-state index is -3.54. The predicted molar refractivity (Wildman–Crippen MR) is 59.9 cm³/mol. The first-order valence-electron chi connectivity index (χ1n) is 4.67. The normalized spacial score (nSPS) is 12.2. The molecule has 0 spiro atoms. The molecule has 92 valence electrons. The van der Waals surface area contributed by atoms with Crippen LogP contribution in [0.25, 0.3) is 0 Å². The van der Waals surface area contributed by atoms with E-state index in [-0.39, 0.29) is 24.0 Å². The van der Waals surface area contributed by atoms with Gasteiger partial charge in [0.1, 0.15) is 0 Å². The van der Waals surface area contributed by atoms with Crippen molar-refractivity contribution in [1.82, 2.24) is 14.5 Å². The fourth-order valence-corrected chi connectivity index (χ4v) is 2.80. The van der Waals surface area contributed by atoms with Crippen LogP contribution in [-0.2, 0) is 14.8 Å². The number of nitrogens with one attached hydrogen (secondary N) is 1. The van der Waals surface area contributed by atoms with E-state index in [4.69, 9.17) is 16.3 Å². The van der Waals surface area contributed by atoms with Gasteiger partial charge in [-0.15, -0.1) is 11.6 Å². The Kier molecular flexibility index (Phi) is 5.20. The molecule has 0 bridgehead atoms. The van der Waals surface area contributed by atoms with Gasteiger partial charge in [0.2, 0.25) is 0 Å². The Morgan fingerprint density at radius 3 is 2.81 bits per heavy atom. The third-order valence-corrected chi connectivity index (χ3v) is 3.97. The zero-order chi connectivity index (χ0) is 12.0. The number of methoxy groups -OCH3 is 1. The van der Waals surface area contributed by atoms with E-state index in [9.17, 15) is 8.42 Å². The van der Waals surface area contributed by atoms with Gasteiger partial charge < -0.3 is 4.74 Å². The number of ether oxygens (including phenoxy) is 1. The predicted octanol–water partition coefficient (Wildman–Crippen LogP) is 0.286. The number of hydrogen-bond donors (Lipinski definition) is 1. The first-order chi connectivity index (χ1) is 7.62. The lowest BCUT2D eigenvalue weighted by Gasteiger charge is -2.19. The third-order valence-electron chi connectivity index (χ3n) is 1.97. The van der Waals surface area contributed by atoms with Gasteiger partial charge in [-0.3, -0.25) is 5.10 Å². The quantitative estimate of drug-likeness (QED) is 0.721. The molecule has 1 heterocycles. The van der Waals surface area contributed by atoms with Crippen molar-refractivity contribution >= 4 is 21.6 Å². The first kappa shape index (κ1) is 13.4. The van der Waals surface area contributed by atoms with Crippen molar-refractivity contribution in [2.75, 3.05) is 32.7 Å². The highest BCUT2D eigenvalue weighted by Gasteiger charge is 2.24. The summed E-state index contributed by atoms with van der Waals surface area (Å²) in [5.41, 5.74) is 0. The molecule has 8 heteroatoms. The lowest BCUT2D eigenvalue weighted by molar-refractivity contribution is 0.180. The van der Waals surface area contributed by atoms with Crippen molar-refractivity contribution in [2.45, 2.75) is 5.03 Å². The van der Waals surface area contributed by atoms with Crippen LogP contribution in [-0.4, -0.2) is 55.6 Å². The van der Waals surface area contributed by atoms with Crippen LogP contribution in [0.2, 0.25) is 0 Å². The largest absolute Gasteiger partial charge is 0.383 e. The minimum absolute atomic E-state index is 0.0636. The van der Waals surface area contributed by atoms with Crippen molar-refractivity contribution in [2.24, 2.45) is 0 Å². The number of hydrogen-bond acceptors (Lipinski definition) is 4. The van der Waals surface area contributed by atoms with Gasteiger partial charge in [-0.1, -0.05) is 0 Å². The Morgan fingerprint density at radius 2 is 2.31 bits per heavy atom. The second-order valence-electron chi connectivity index (χ2n) is 3.01. The molecule has 1 N–H and O–H groups in total. The molecule has 0 atom stereocenters. The summed E-state index contributed by atoms with van der Waals surface area (Å²) in [6.45, 7) is 0.834. The van der Waals surface area contributed by atoms with Crippen LogP contribution in [0.4, 0.5) is 0 Å². The van der Waals surface area contributed by atoms with Crippen molar-refractivity contribution in [1.29, 1.82) is 0 Å². The maximum absolute atomic E-state index is 12.0. The SMILES string of the molecule is COCCN(CCCl)S(=O)(=O)c1ccn[nH]1. The minimum Gasteiger partial charge on any atom is -0.383 e. The molecule has 0 amide bonds. The maximum atomic E-state index is 12.0. The molecule has 0 aliphatic rings. The molecule has 1 aromatic rings. The van der Waals surface area contributed by atoms with E-state index < -0.39 is 10.0 Å². The zero-order valence-electron chi connectivity index (χ0n) is 8.89. The zero-order valence-corrected chi connectivity index (χ0v) is 10.5. The van der Waals surface area contributed by atoms with Crippen LogP contribution in [0.5, 0.6) is 0 Å². The lowest BCUT2D eigenvalue weighted by atomic mass is 10.6. The Morgan fingerprint density at radius 1 is 1.56 bits per heavy atom. The van der Waals surface area contributed by atoms with E-state index in [1.807, 2.05) is 0 Å². The highest BCUT2D eigenvalue weighted by atomic mass is 35.5. The summed E-state index contributed by atoms with van der Waals surface area (Å²) in [5.74, 6) is 0.233. The van der Waals surface area contributed by atoms with E-state index in [0.717, 1.165) is 0 Å². The second kappa shape index (κ2) is 6.19. The summed E-state index contributed by atoms with van der Waals surface area (Å²) < 4.78 is 30.2. The van der Waals surface area contributed by atoms with Crippen LogP contribution in [0.3, 0.4) is 0 Å². The monoisotopic (exact) mass is 267 g/mol. The van der Waals surface area contributed by atoms with E-state index >= 15 is 0 Å². The maximum Gasteiger partial charge on any atom is 0.260 e. The molecule has 1 aromatic heterocycles. The number of halogens is 1. The van der Waals surface area contributed by atoms with Crippen molar-refractivity contribution in [3.8, 4) is 0 Å². The first-order valence-corrected chi connectivity index (χ1v) is 6.65. The van der Waals surface area contributed by atoms with Gasteiger partial charge in [-0.2, -0.15) is 9.40 Å². The van der Waals surface area contributed by atoms with Crippen LogP contribution >= 0.6 is 11.6 Å². The molecule has 0 radical (unpaired) electrons. The smallest absolute Gasteiger partial charge is 0.260 e. The van der Waals surface area contributed by atoms with Gasteiger partial charge in [0.25, 0.3) is 10.0 Å². The fourth-order valence-electron chi connectivity index (χ4n) is 1.17. The average Bonchev–Trinajstić information content (AvgIpc) is 2.77. The Hall–Kier alpha value is -0.630. The van der Waals surface area contributed by atoms with Crippen LogP contribution in [0.15, 0.2) is 17.3 Å². The molecule has 0 saturated heterocycles. The molecular weight excluding hydrogens is 254 g/mol. The Balaban J connectivity index is 2.84. The second-order valence-corrected chi connectivity index (χ2v) is 5.29. The van der Waals surface area contributed by atoms with Crippen LogP contribution < -0.4 is 0 Å². The van der Waals surface area contributed by atoms with Gasteiger partial charge in [0.15, 0.2) is 5.03 Å². The van der Waals surface area contributed by atoms with Gasteiger partial charge in [0, 0.05) is 26.1 Å². The van der Waals surface area contributed by atoms with E-state index in [1.165, 1.54) is 23.7 Å². The Labute approximate surface area is 99.6 Å². The summed E-state index contributed by atoms with van der Waals surface area (Å²) in [5, 5.41) is 6.11. The Bertz CT molecular complexity index is 393. The van der Waals surface area contributed by atoms with Gasteiger partial charge in [0.05, 0.1) is 12.8 Å². The topological polar surface area (TPSA) is 75.3 Å². The lowest BCUT2D eigenvalue weighted by Crippen LogP contribution is -2.35. The number of alkyl halides is 1. The molecule has 16 heavy (non-hydrogen) atoms. The molecule has 1 rings (SSSR count). The van der Waals surface area contributed by atoms with Gasteiger partial charge in [-0.25, -0.2) is 8.42 Å². The molecule has 0 saturated carbocycles. The standard InChI is InChI=1S/C8H14ClN3O3S/c1-15-7-6-12(5-3-9)16(13,14)8-2-4-10-11-8/h2,4H,3,5-7H2,1H3,(H,10,11). The summed E-state index contributed by atoms with van der Waals surface area (Å²) in [6.07, 6.45) is 1.39. The van der Waals surface area contributed by atoms with Crippen LogP contribution in [0.1, 0.15) is 0 Å². The third kappa shape index (κ3) is 3.18. The molecule has 0 unspecified atom stereocenters. The van der Waals surface area contributed by atoms with Crippen LogP contribution in [0, 0.1) is 0 Å². The summed E-state index contributed by atoms with van der Waals surface area (Å²) in [7, 11) is -2.03.